The lowest BCUT2D eigenvalue weighted by Gasteiger charge is -2.33. The number of likely N-dealkylation sites (tertiary alicyclic amines) is 1. The number of rotatable bonds is 7. The molecule has 1 saturated heterocycles. The Kier molecular flexibility index (Phi) is 6.35. The van der Waals surface area contributed by atoms with E-state index >= 15 is 0 Å². The third kappa shape index (κ3) is 4.48. The number of hydrogen-bond acceptors (Lipinski definition) is 5. The molecule has 0 aliphatic carbocycles. The predicted octanol–water partition coefficient (Wildman–Crippen LogP) is 3.88. The van der Waals surface area contributed by atoms with Crippen LogP contribution in [0.3, 0.4) is 0 Å². The van der Waals surface area contributed by atoms with Gasteiger partial charge in [-0.1, -0.05) is 32.0 Å². The quantitative estimate of drug-likeness (QED) is 0.638. The highest BCUT2D eigenvalue weighted by molar-refractivity contribution is 6.35. The summed E-state index contributed by atoms with van der Waals surface area (Å²) in [6.07, 6.45) is 4.77. The molecule has 0 saturated carbocycles. The lowest BCUT2D eigenvalue weighted by Crippen LogP contribution is -2.39. The Balaban J connectivity index is 1.69. The summed E-state index contributed by atoms with van der Waals surface area (Å²) >= 11 is 0. The predicted molar refractivity (Wildman–Crippen MR) is 119 cm³/mol. The lowest BCUT2D eigenvalue weighted by atomic mass is 9.97. The summed E-state index contributed by atoms with van der Waals surface area (Å²) in [7, 11) is 0. The topological polar surface area (TPSA) is 62.7 Å². The number of carbonyl (C=O) groups is 2. The van der Waals surface area contributed by atoms with Gasteiger partial charge in [0.25, 0.3) is 11.8 Å². The molecule has 4 rings (SSSR count). The third-order valence-electron chi connectivity index (χ3n) is 5.78. The highest BCUT2D eigenvalue weighted by Crippen LogP contribution is 2.35. The molecule has 6 nitrogen and oxygen atoms in total. The number of pyridine rings is 1. The van der Waals surface area contributed by atoms with Crippen LogP contribution in [0.2, 0.25) is 0 Å². The summed E-state index contributed by atoms with van der Waals surface area (Å²) in [6, 6.07) is 13.0. The normalized spacial score (nSPS) is 19.4. The Morgan fingerprint density at radius 2 is 1.90 bits per heavy atom. The van der Waals surface area contributed by atoms with Gasteiger partial charge in [0.15, 0.2) is 0 Å². The van der Waals surface area contributed by atoms with Crippen molar-refractivity contribution in [3.63, 3.8) is 0 Å². The van der Waals surface area contributed by atoms with Crippen molar-refractivity contribution in [2.45, 2.75) is 39.7 Å². The summed E-state index contributed by atoms with van der Waals surface area (Å²) in [6.45, 7) is 6.65. The number of nitrogens with zero attached hydrogens (tertiary/aromatic N) is 3. The molecule has 0 bridgehead atoms. The van der Waals surface area contributed by atoms with E-state index in [1.807, 2.05) is 42.5 Å². The fourth-order valence-corrected chi connectivity index (χ4v) is 4.24. The monoisotopic (exact) mass is 419 g/mol. The number of ether oxygens (including phenoxy) is 1. The van der Waals surface area contributed by atoms with Crippen molar-refractivity contribution in [3.8, 4) is 5.75 Å². The van der Waals surface area contributed by atoms with Crippen LogP contribution >= 0.6 is 0 Å². The number of aromatic nitrogens is 1. The SMILES string of the molecule is CCCOc1ccc(C2=C(N3CCCC(C)C3)C(=O)N(Cc3ccccn3)C2=O)cc1. The Morgan fingerprint density at radius 3 is 2.58 bits per heavy atom. The number of piperidine rings is 1. The van der Waals surface area contributed by atoms with Gasteiger partial charge >= 0.3 is 0 Å². The van der Waals surface area contributed by atoms with E-state index in [-0.39, 0.29) is 18.4 Å². The van der Waals surface area contributed by atoms with Crippen LogP contribution in [-0.2, 0) is 16.1 Å². The van der Waals surface area contributed by atoms with E-state index < -0.39 is 0 Å². The van der Waals surface area contributed by atoms with E-state index in [0.717, 1.165) is 43.7 Å². The van der Waals surface area contributed by atoms with Crippen molar-refractivity contribution in [1.82, 2.24) is 14.8 Å². The molecule has 2 aliphatic rings. The molecule has 1 atom stereocenters. The molecule has 0 radical (unpaired) electrons. The second kappa shape index (κ2) is 9.33. The first-order chi connectivity index (χ1) is 15.1. The zero-order valence-electron chi connectivity index (χ0n) is 18.2. The average Bonchev–Trinajstić information content (AvgIpc) is 3.03. The maximum absolute atomic E-state index is 13.5. The summed E-state index contributed by atoms with van der Waals surface area (Å²) in [5.41, 5.74) is 2.45. The minimum atomic E-state index is -0.258. The van der Waals surface area contributed by atoms with Crippen LogP contribution in [0.5, 0.6) is 5.75 Å². The van der Waals surface area contributed by atoms with Crippen molar-refractivity contribution in [3.05, 3.63) is 65.6 Å². The van der Waals surface area contributed by atoms with Gasteiger partial charge in [-0.15, -0.1) is 0 Å². The van der Waals surface area contributed by atoms with Gasteiger partial charge in [0.1, 0.15) is 11.4 Å². The van der Waals surface area contributed by atoms with Crippen molar-refractivity contribution in [2.75, 3.05) is 19.7 Å². The van der Waals surface area contributed by atoms with Crippen LogP contribution in [0.15, 0.2) is 54.4 Å². The second-order valence-corrected chi connectivity index (χ2v) is 8.31. The first kappa shape index (κ1) is 21.1. The molecule has 1 unspecified atom stereocenters. The Morgan fingerprint density at radius 1 is 1.10 bits per heavy atom. The molecule has 31 heavy (non-hydrogen) atoms. The minimum absolute atomic E-state index is 0.173. The smallest absolute Gasteiger partial charge is 0.278 e. The zero-order chi connectivity index (χ0) is 21.8. The van der Waals surface area contributed by atoms with E-state index in [9.17, 15) is 9.59 Å². The van der Waals surface area contributed by atoms with Crippen molar-refractivity contribution in [2.24, 2.45) is 5.92 Å². The van der Waals surface area contributed by atoms with Crippen LogP contribution in [-0.4, -0.2) is 46.3 Å². The van der Waals surface area contributed by atoms with Crippen LogP contribution in [0.4, 0.5) is 0 Å². The summed E-state index contributed by atoms with van der Waals surface area (Å²) in [5.74, 6) is 0.763. The number of imide groups is 1. The molecule has 2 aliphatic heterocycles. The third-order valence-corrected chi connectivity index (χ3v) is 5.78. The first-order valence-electron chi connectivity index (χ1n) is 11.1. The lowest BCUT2D eigenvalue weighted by molar-refractivity contribution is -0.138. The fraction of sp³-hybridized carbons (Fsp3) is 0.400. The molecule has 1 aromatic heterocycles. The number of benzene rings is 1. The molecule has 1 fully saturated rings. The van der Waals surface area contributed by atoms with Gasteiger partial charge in [-0.2, -0.15) is 0 Å². The number of carbonyl (C=O) groups excluding carboxylic acids is 2. The Bertz CT molecular complexity index is 969. The van der Waals surface area contributed by atoms with Gasteiger partial charge in [0.05, 0.1) is 24.4 Å². The number of amides is 2. The van der Waals surface area contributed by atoms with Gasteiger partial charge in [-0.05, 0) is 55.0 Å². The van der Waals surface area contributed by atoms with Gasteiger partial charge in [-0.3, -0.25) is 19.5 Å². The molecule has 0 spiro atoms. The van der Waals surface area contributed by atoms with Crippen LogP contribution in [0, 0.1) is 5.92 Å². The molecule has 2 amide bonds. The molecular formula is C25H29N3O3. The number of hydrogen-bond donors (Lipinski definition) is 0. The molecule has 3 heterocycles. The standard InChI is InChI=1S/C25H29N3O3/c1-3-15-31-21-11-9-19(10-12-21)22-23(27-14-6-7-18(2)16-27)25(30)28(24(22)29)17-20-8-4-5-13-26-20/h4-5,8-13,18H,3,6-7,14-17H2,1-2H3. The fourth-order valence-electron chi connectivity index (χ4n) is 4.24. The molecule has 162 valence electrons. The molecule has 6 heteroatoms. The molecular weight excluding hydrogens is 390 g/mol. The Hall–Kier alpha value is -3.15. The highest BCUT2D eigenvalue weighted by atomic mass is 16.5. The van der Waals surface area contributed by atoms with E-state index in [1.165, 1.54) is 4.90 Å². The first-order valence-corrected chi connectivity index (χ1v) is 11.1. The van der Waals surface area contributed by atoms with E-state index in [1.54, 1.807) is 6.20 Å². The van der Waals surface area contributed by atoms with E-state index in [4.69, 9.17) is 4.74 Å². The van der Waals surface area contributed by atoms with Gasteiger partial charge in [0, 0.05) is 19.3 Å². The van der Waals surface area contributed by atoms with Crippen molar-refractivity contribution in [1.29, 1.82) is 0 Å². The zero-order valence-corrected chi connectivity index (χ0v) is 18.2. The van der Waals surface area contributed by atoms with Crippen molar-refractivity contribution >= 4 is 17.4 Å². The average molecular weight is 420 g/mol. The second-order valence-electron chi connectivity index (χ2n) is 8.31. The van der Waals surface area contributed by atoms with Gasteiger partial charge in [-0.25, -0.2) is 0 Å². The van der Waals surface area contributed by atoms with Gasteiger partial charge < -0.3 is 9.64 Å². The maximum Gasteiger partial charge on any atom is 0.278 e. The van der Waals surface area contributed by atoms with Crippen LogP contribution < -0.4 is 4.74 Å². The van der Waals surface area contributed by atoms with Crippen molar-refractivity contribution < 1.29 is 14.3 Å². The Labute approximate surface area is 183 Å². The van der Waals surface area contributed by atoms with Crippen LogP contribution in [0.1, 0.15) is 44.4 Å². The van der Waals surface area contributed by atoms with Gasteiger partial charge in [0.2, 0.25) is 0 Å². The largest absolute Gasteiger partial charge is 0.494 e. The highest BCUT2D eigenvalue weighted by Gasteiger charge is 2.42. The summed E-state index contributed by atoms with van der Waals surface area (Å²) in [4.78, 5) is 34.7. The molecule has 1 aromatic carbocycles. The maximum atomic E-state index is 13.5. The van der Waals surface area contributed by atoms with E-state index in [0.29, 0.717) is 29.5 Å². The summed E-state index contributed by atoms with van der Waals surface area (Å²) in [5, 5.41) is 0. The van der Waals surface area contributed by atoms with E-state index in [2.05, 4.69) is 23.7 Å². The molecule has 0 N–H and O–H groups in total. The minimum Gasteiger partial charge on any atom is -0.494 e. The van der Waals surface area contributed by atoms with Crippen LogP contribution in [0.25, 0.3) is 5.57 Å². The summed E-state index contributed by atoms with van der Waals surface area (Å²) < 4.78 is 5.68. The molecule has 2 aromatic rings.